The molecule has 0 aromatic rings. The van der Waals surface area contributed by atoms with E-state index in [1.54, 1.807) is 0 Å². The van der Waals surface area contributed by atoms with Gasteiger partial charge in [0, 0.05) is 5.92 Å². The van der Waals surface area contributed by atoms with E-state index in [2.05, 4.69) is 41.5 Å². The summed E-state index contributed by atoms with van der Waals surface area (Å²) in [5, 5.41) is 73.4. The summed E-state index contributed by atoms with van der Waals surface area (Å²) in [5.41, 5.74) is -0.876. The standard InChI is InChI=1S/C43H68O14/c1-38(2)26-9-12-43(7)34(23(46)17-21-22-18-40(4,37(52)53-8)14-13-39(22,3)15-16-42(21,43)6)41(26,5)11-10-27(38)56-36-33(31(50)29(48)25(20-45)55-36)57-35-32(51)30(49)28(47)24(19-44)54-35/h17,22,24-36,44-45,47-51H,9-16,18-20H2,1-8H3/t22-,24+,25-,26-,27+,28-,29-,30+,31+,32-,33-,34-,35-,36+,39+,40-,41-,42+,43+/m0/s1. The molecule has 2 heterocycles. The Morgan fingerprint density at radius 3 is 2.00 bits per heavy atom. The van der Waals surface area contributed by atoms with Gasteiger partial charge in [0.25, 0.3) is 0 Å². The molecule has 0 spiro atoms. The molecule has 7 N–H and O–H groups in total. The van der Waals surface area contributed by atoms with Crippen molar-refractivity contribution in [2.24, 2.45) is 50.2 Å². The van der Waals surface area contributed by atoms with E-state index in [-0.39, 0.29) is 45.8 Å². The molecule has 324 valence electrons. The lowest BCUT2D eigenvalue weighted by Crippen LogP contribution is -2.68. The van der Waals surface area contributed by atoms with E-state index in [1.807, 2.05) is 13.0 Å². The zero-order valence-corrected chi connectivity index (χ0v) is 34.9. The minimum absolute atomic E-state index is 0.00502. The van der Waals surface area contributed by atoms with E-state index in [9.17, 15) is 45.3 Å². The van der Waals surface area contributed by atoms with Crippen LogP contribution < -0.4 is 0 Å². The molecule has 0 radical (unpaired) electrons. The highest BCUT2D eigenvalue weighted by atomic mass is 16.8. The van der Waals surface area contributed by atoms with Gasteiger partial charge in [0.2, 0.25) is 0 Å². The van der Waals surface area contributed by atoms with Crippen molar-refractivity contribution in [3.05, 3.63) is 11.6 Å². The number of methoxy groups -OCH3 is 1. The van der Waals surface area contributed by atoms with Crippen molar-refractivity contribution in [3.8, 4) is 0 Å². The van der Waals surface area contributed by atoms with E-state index in [0.29, 0.717) is 19.3 Å². The van der Waals surface area contributed by atoms with Crippen LogP contribution in [0.15, 0.2) is 11.6 Å². The second kappa shape index (κ2) is 14.8. The molecule has 57 heavy (non-hydrogen) atoms. The van der Waals surface area contributed by atoms with Crippen LogP contribution in [0.3, 0.4) is 0 Å². The Bertz CT molecular complexity index is 1580. The third kappa shape index (κ3) is 6.44. The molecular formula is C43H68O14. The lowest BCUT2D eigenvalue weighted by molar-refractivity contribution is -0.378. The number of carbonyl (C=O) groups is 2. The fourth-order valence-electron chi connectivity index (χ4n) is 13.6. The fraction of sp³-hybridized carbons (Fsp3) is 0.907. The second-order valence-electron chi connectivity index (χ2n) is 20.7. The zero-order chi connectivity index (χ0) is 41.8. The van der Waals surface area contributed by atoms with Gasteiger partial charge in [0.15, 0.2) is 18.4 Å². The van der Waals surface area contributed by atoms with Crippen molar-refractivity contribution in [3.63, 3.8) is 0 Å². The summed E-state index contributed by atoms with van der Waals surface area (Å²) >= 11 is 0. The number of esters is 1. The molecule has 0 aromatic carbocycles. The number of carbonyl (C=O) groups excluding carboxylic acids is 2. The van der Waals surface area contributed by atoms with Crippen molar-refractivity contribution in [1.82, 2.24) is 0 Å². The van der Waals surface area contributed by atoms with Crippen LogP contribution in [0.5, 0.6) is 0 Å². The molecule has 2 saturated heterocycles. The molecule has 2 aliphatic heterocycles. The van der Waals surface area contributed by atoms with Gasteiger partial charge in [-0.05, 0) is 110 Å². The number of hydrogen-bond acceptors (Lipinski definition) is 14. The maximum atomic E-state index is 14.9. The van der Waals surface area contributed by atoms with Gasteiger partial charge in [-0.15, -0.1) is 0 Å². The molecular weight excluding hydrogens is 740 g/mol. The summed E-state index contributed by atoms with van der Waals surface area (Å²) in [6.45, 7) is 14.3. The monoisotopic (exact) mass is 808 g/mol. The van der Waals surface area contributed by atoms with E-state index < -0.39 is 97.0 Å². The van der Waals surface area contributed by atoms with Crippen LogP contribution in [-0.4, -0.2) is 135 Å². The Balaban J connectivity index is 1.16. The average molecular weight is 809 g/mol. The minimum Gasteiger partial charge on any atom is -0.469 e. The predicted octanol–water partition coefficient (Wildman–Crippen LogP) is 2.15. The SMILES string of the molecule is COC(=O)[C@@]1(C)CC[C@]2(C)CC[C@]3(C)C(=CC(=O)[C@H]4[C@@]5(C)CC[C@@H](O[C@H]6O[C@@H](CO)[C@H](O)[C@@H](O)[C@@H]6O[C@@H]6O[C@H](CO)[C@H](O)[C@@H](O)[C@@H]6O)C(C)(C)[C@@H]5CC[C@]43C)[C@@H]2C1. The van der Waals surface area contributed by atoms with Gasteiger partial charge >= 0.3 is 5.97 Å². The minimum atomic E-state index is -1.77. The van der Waals surface area contributed by atoms with Gasteiger partial charge in [-0.1, -0.05) is 47.1 Å². The van der Waals surface area contributed by atoms with Crippen LogP contribution in [-0.2, 0) is 33.3 Å². The molecule has 14 nitrogen and oxygen atoms in total. The number of aliphatic hydroxyl groups is 7. The van der Waals surface area contributed by atoms with E-state index in [4.69, 9.17) is 23.7 Å². The van der Waals surface area contributed by atoms with E-state index in [1.165, 1.54) is 12.7 Å². The van der Waals surface area contributed by atoms with Gasteiger partial charge in [0.1, 0.15) is 48.8 Å². The summed E-state index contributed by atoms with van der Waals surface area (Å²) in [5.74, 6) is -0.129. The Labute approximate surface area is 336 Å². The Morgan fingerprint density at radius 2 is 1.37 bits per heavy atom. The number of aliphatic hydroxyl groups excluding tert-OH is 7. The number of hydrogen-bond donors (Lipinski definition) is 7. The first-order valence-corrected chi connectivity index (χ1v) is 21.1. The first-order chi connectivity index (χ1) is 26.6. The Hall–Kier alpha value is -1.56. The molecule has 0 amide bonds. The molecule has 0 aromatic heterocycles. The molecule has 7 aliphatic rings. The van der Waals surface area contributed by atoms with Gasteiger partial charge < -0.3 is 59.4 Å². The Kier molecular flexibility index (Phi) is 11.3. The summed E-state index contributed by atoms with van der Waals surface area (Å²) in [6, 6.07) is 0. The first kappa shape index (κ1) is 43.5. The highest BCUT2D eigenvalue weighted by Crippen LogP contribution is 2.75. The van der Waals surface area contributed by atoms with Crippen molar-refractivity contribution >= 4 is 11.8 Å². The highest BCUT2D eigenvalue weighted by molar-refractivity contribution is 5.95. The Morgan fingerprint density at radius 1 is 0.754 bits per heavy atom. The number of rotatable bonds is 7. The van der Waals surface area contributed by atoms with Crippen LogP contribution in [0.25, 0.3) is 0 Å². The summed E-state index contributed by atoms with van der Waals surface area (Å²) in [6.07, 6.45) is -6.64. The summed E-state index contributed by atoms with van der Waals surface area (Å²) in [4.78, 5) is 28.0. The van der Waals surface area contributed by atoms with Crippen LogP contribution in [0.4, 0.5) is 0 Å². The van der Waals surface area contributed by atoms with Crippen molar-refractivity contribution in [2.75, 3.05) is 20.3 Å². The van der Waals surface area contributed by atoms with Gasteiger partial charge in [-0.3, -0.25) is 9.59 Å². The third-order valence-corrected chi connectivity index (χ3v) is 17.5. The molecule has 0 bridgehead atoms. The molecule has 0 unspecified atom stereocenters. The third-order valence-electron chi connectivity index (χ3n) is 17.5. The number of ether oxygens (including phenoxy) is 5. The average Bonchev–Trinajstić information content (AvgIpc) is 3.16. The van der Waals surface area contributed by atoms with Crippen LogP contribution in [0.2, 0.25) is 0 Å². The van der Waals surface area contributed by atoms with E-state index >= 15 is 0 Å². The maximum absolute atomic E-state index is 14.9. The molecule has 7 rings (SSSR count). The van der Waals surface area contributed by atoms with Crippen LogP contribution in [0, 0.1) is 50.2 Å². The molecule has 19 atom stereocenters. The number of fused-ring (bicyclic) bond motifs is 7. The van der Waals surface area contributed by atoms with Gasteiger partial charge in [0.05, 0.1) is 31.8 Å². The molecule has 5 aliphatic carbocycles. The van der Waals surface area contributed by atoms with Crippen molar-refractivity contribution in [1.29, 1.82) is 0 Å². The fourth-order valence-corrected chi connectivity index (χ4v) is 13.6. The van der Waals surface area contributed by atoms with Crippen molar-refractivity contribution < 1.29 is 69.0 Å². The predicted molar refractivity (Wildman–Crippen MR) is 203 cm³/mol. The second-order valence-corrected chi connectivity index (χ2v) is 20.7. The smallest absolute Gasteiger partial charge is 0.311 e. The van der Waals surface area contributed by atoms with Crippen molar-refractivity contribution in [2.45, 2.75) is 174 Å². The summed E-state index contributed by atoms with van der Waals surface area (Å²) < 4.78 is 29.6. The van der Waals surface area contributed by atoms with Crippen LogP contribution >= 0.6 is 0 Å². The summed E-state index contributed by atoms with van der Waals surface area (Å²) in [7, 11) is 1.46. The number of ketones is 1. The molecule has 6 fully saturated rings. The topological polar surface area (TPSA) is 222 Å². The maximum Gasteiger partial charge on any atom is 0.311 e. The lowest BCUT2D eigenvalue weighted by atomic mass is 9.33. The number of allylic oxidation sites excluding steroid dienone is 2. The van der Waals surface area contributed by atoms with E-state index in [0.717, 1.165) is 38.5 Å². The normalized spacial score (nSPS) is 53.4. The highest BCUT2D eigenvalue weighted by Gasteiger charge is 2.71. The molecule has 4 saturated carbocycles. The first-order valence-electron chi connectivity index (χ1n) is 21.1. The van der Waals surface area contributed by atoms with Gasteiger partial charge in [-0.2, -0.15) is 0 Å². The molecule has 14 heteroatoms. The lowest BCUT2D eigenvalue weighted by Gasteiger charge is -2.70. The quantitative estimate of drug-likeness (QED) is 0.145. The zero-order valence-electron chi connectivity index (χ0n) is 34.9. The largest absolute Gasteiger partial charge is 0.469 e. The van der Waals surface area contributed by atoms with Crippen LogP contribution in [0.1, 0.15) is 106 Å². The van der Waals surface area contributed by atoms with Gasteiger partial charge in [-0.25, -0.2) is 0 Å².